The summed E-state index contributed by atoms with van der Waals surface area (Å²) in [6, 6.07) is 7.50. The molecule has 1 fully saturated rings. The number of rotatable bonds is 6. The Bertz CT molecular complexity index is 894. The van der Waals surface area contributed by atoms with E-state index in [1.165, 1.54) is 0 Å². The molecule has 1 aromatic carbocycles. The molecule has 2 heterocycles. The average molecular weight is 409 g/mol. The van der Waals surface area contributed by atoms with Gasteiger partial charge in [0.1, 0.15) is 0 Å². The van der Waals surface area contributed by atoms with Crippen LogP contribution in [0.25, 0.3) is 5.69 Å². The van der Waals surface area contributed by atoms with Crippen LogP contribution in [0.4, 0.5) is 0 Å². The molecule has 0 unspecified atom stereocenters. The number of hydrogen-bond acceptors (Lipinski definition) is 5. The molecule has 1 amide bonds. The number of likely N-dealkylation sites (tertiary alicyclic amines) is 1. The van der Waals surface area contributed by atoms with Gasteiger partial charge in [-0.3, -0.25) is 9.36 Å². The Morgan fingerprint density at radius 1 is 1.33 bits per heavy atom. The van der Waals surface area contributed by atoms with Crippen LogP contribution in [-0.2, 0) is 10.0 Å². The van der Waals surface area contributed by atoms with Crippen molar-refractivity contribution in [1.29, 1.82) is 0 Å². The van der Waals surface area contributed by atoms with E-state index in [2.05, 4.69) is 9.71 Å². The van der Waals surface area contributed by atoms with E-state index in [4.69, 9.17) is 0 Å². The van der Waals surface area contributed by atoms with Gasteiger partial charge in [0, 0.05) is 43.3 Å². The van der Waals surface area contributed by atoms with E-state index in [1.54, 1.807) is 18.0 Å². The zero-order valence-electron chi connectivity index (χ0n) is 15.5. The normalized spacial score (nSPS) is 17.9. The first kappa shape index (κ1) is 19.9. The number of hydrogen-bond donors (Lipinski definition) is 1. The van der Waals surface area contributed by atoms with Crippen molar-refractivity contribution in [1.82, 2.24) is 19.2 Å². The number of carbonyl (C=O) groups excluding carboxylic acids is 1. The summed E-state index contributed by atoms with van der Waals surface area (Å²) in [7, 11) is -3.21. The number of benzene rings is 1. The summed E-state index contributed by atoms with van der Waals surface area (Å²) in [4.78, 5) is 18.9. The van der Waals surface area contributed by atoms with E-state index in [-0.39, 0.29) is 11.8 Å². The topological polar surface area (TPSA) is 84.3 Å². The van der Waals surface area contributed by atoms with Gasteiger partial charge in [0.2, 0.25) is 10.0 Å². The minimum absolute atomic E-state index is 0.0127. The second-order valence-electron chi connectivity index (χ2n) is 6.71. The summed E-state index contributed by atoms with van der Waals surface area (Å²) >= 11 is 1.56. The fraction of sp³-hybridized carbons (Fsp3) is 0.444. The number of amides is 1. The predicted octanol–water partition coefficient (Wildman–Crippen LogP) is 2.00. The van der Waals surface area contributed by atoms with Crippen LogP contribution in [0.5, 0.6) is 0 Å². The number of sulfonamides is 1. The van der Waals surface area contributed by atoms with Crippen LogP contribution in [0.15, 0.2) is 41.8 Å². The molecule has 27 heavy (non-hydrogen) atoms. The van der Waals surface area contributed by atoms with Gasteiger partial charge in [-0.2, -0.15) is 0 Å². The van der Waals surface area contributed by atoms with Crippen molar-refractivity contribution >= 4 is 27.7 Å². The third-order valence-corrected chi connectivity index (χ3v) is 5.98. The van der Waals surface area contributed by atoms with Crippen molar-refractivity contribution in [2.24, 2.45) is 5.92 Å². The van der Waals surface area contributed by atoms with Gasteiger partial charge in [0.25, 0.3) is 5.91 Å². The van der Waals surface area contributed by atoms with Gasteiger partial charge in [-0.25, -0.2) is 18.1 Å². The van der Waals surface area contributed by atoms with Gasteiger partial charge in [0.05, 0.1) is 6.26 Å². The molecule has 146 valence electrons. The molecule has 1 aromatic heterocycles. The number of nitrogens with one attached hydrogen (secondary N) is 1. The molecule has 0 saturated carbocycles. The van der Waals surface area contributed by atoms with Crippen LogP contribution in [0.1, 0.15) is 23.2 Å². The lowest BCUT2D eigenvalue weighted by atomic mass is 9.97. The van der Waals surface area contributed by atoms with E-state index < -0.39 is 10.0 Å². The molecular formula is C18H24N4O3S2. The third kappa shape index (κ3) is 5.12. The summed E-state index contributed by atoms with van der Waals surface area (Å²) in [5.41, 5.74) is 1.60. The molecule has 1 aliphatic rings. The minimum atomic E-state index is -3.21. The van der Waals surface area contributed by atoms with Gasteiger partial charge >= 0.3 is 0 Å². The highest BCUT2D eigenvalue weighted by Crippen LogP contribution is 2.21. The Hall–Kier alpha value is -1.84. The van der Waals surface area contributed by atoms with Crippen LogP contribution in [-0.4, -0.2) is 60.9 Å². The maximum atomic E-state index is 12.8. The first-order valence-electron chi connectivity index (χ1n) is 8.79. The molecule has 0 aliphatic carbocycles. The Morgan fingerprint density at radius 3 is 2.74 bits per heavy atom. The lowest BCUT2D eigenvalue weighted by molar-refractivity contribution is 0.0676. The molecule has 9 heteroatoms. The first-order chi connectivity index (χ1) is 12.9. The summed E-state index contributed by atoms with van der Waals surface area (Å²) in [6.45, 7) is 1.65. The first-order valence-corrected chi connectivity index (χ1v) is 11.9. The molecule has 1 saturated heterocycles. The number of imidazole rings is 1. The minimum Gasteiger partial charge on any atom is -0.338 e. The summed E-state index contributed by atoms with van der Waals surface area (Å²) < 4.78 is 27.1. The number of carbonyl (C=O) groups is 1. The third-order valence-electron chi connectivity index (χ3n) is 4.62. The van der Waals surface area contributed by atoms with Crippen molar-refractivity contribution in [3.05, 3.63) is 42.2 Å². The van der Waals surface area contributed by atoms with Crippen LogP contribution in [0.2, 0.25) is 0 Å². The second-order valence-corrected chi connectivity index (χ2v) is 9.32. The smallest absolute Gasteiger partial charge is 0.253 e. The largest absolute Gasteiger partial charge is 0.338 e. The van der Waals surface area contributed by atoms with Crippen LogP contribution in [0.3, 0.4) is 0 Å². The van der Waals surface area contributed by atoms with Crippen LogP contribution < -0.4 is 4.72 Å². The van der Waals surface area contributed by atoms with Crippen molar-refractivity contribution in [2.75, 3.05) is 32.1 Å². The Morgan fingerprint density at radius 2 is 2.07 bits per heavy atom. The highest BCUT2D eigenvalue weighted by atomic mass is 32.2. The van der Waals surface area contributed by atoms with Crippen molar-refractivity contribution in [2.45, 2.75) is 18.0 Å². The molecule has 1 atom stereocenters. The van der Waals surface area contributed by atoms with Crippen LogP contribution >= 0.6 is 11.8 Å². The summed E-state index contributed by atoms with van der Waals surface area (Å²) in [5, 5.41) is 0.895. The van der Waals surface area contributed by atoms with E-state index in [0.29, 0.717) is 25.2 Å². The Balaban J connectivity index is 1.66. The average Bonchev–Trinajstić information content (AvgIpc) is 3.14. The fourth-order valence-corrected chi connectivity index (χ4v) is 4.34. The quantitative estimate of drug-likeness (QED) is 0.739. The Labute approximate surface area is 164 Å². The second kappa shape index (κ2) is 8.45. The molecule has 7 nitrogen and oxygen atoms in total. The van der Waals surface area contributed by atoms with Crippen molar-refractivity contribution in [3.8, 4) is 5.69 Å². The number of thioether (sulfide) groups is 1. The summed E-state index contributed by atoms with van der Waals surface area (Å²) in [5.74, 6) is 0.133. The van der Waals surface area contributed by atoms with E-state index in [9.17, 15) is 13.2 Å². The van der Waals surface area contributed by atoms with E-state index in [0.717, 1.165) is 29.9 Å². The molecule has 0 bridgehead atoms. The number of aromatic nitrogens is 2. The van der Waals surface area contributed by atoms with Crippen molar-refractivity contribution in [3.63, 3.8) is 0 Å². The number of nitrogens with zero attached hydrogens (tertiary/aromatic N) is 3. The SMILES string of the molecule is CSc1nccn1-c1ccc(C(=O)N2CCC[C@@H](CNS(C)(=O)=O)C2)cc1. The highest BCUT2D eigenvalue weighted by molar-refractivity contribution is 7.98. The van der Waals surface area contributed by atoms with Gasteiger partial charge in [-0.05, 0) is 49.3 Å². The molecule has 2 aromatic rings. The maximum absolute atomic E-state index is 12.8. The highest BCUT2D eigenvalue weighted by Gasteiger charge is 2.25. The zero-order chi connectivity index (χ0) is 19.4. The molecule has 0 radical (unpaired) electrons. The maximum Gasteiger partial charge on any atom is 0.253 e. The molecular weight excluding hydrogens is 384 g/mol. The van der Waals surface area contributed by atoms with E-state index >= 15 is 0 Å². The van der Waals surface area contributed by atoms with E-state index in [1.807, 2.05) is 46.2 Å². The predicted molar refractivity (Wildman–Crippen MR) is 107 cm³/mol. The zero-order valence-corrected chi connectivity index (χ0v) is 17.1. The molecule has 1 N–H and O–H groups in total. The molecule has 1 aliphatic heterocycles. The van der Waals surface area contributed by atoms with Gasteiger partial charge in [-0.15, -0.1) is 0 Å². The van der Waals surface area contributed by atoms with Crippen molar-refractivity contribution < 1.29 is 13.2 Å². The standard InChI is InChI=1S/C18H24N4O3S2/c1-26-18-19-9-11-22(18)16-7-5-15(6-8-16)17(23)21-10-3-4-14(13-21)12-20-27(2,24)25/h5-9,11,14,20H,3-4,10,12-13H2,1-2H3/t14-/m0/s1. The Kier molecular flexibility index (Phi) is 6.23. The van der Waals surface area contributed by atoms with Gasteiger partial charge in [0.15, 0.2) is 5.16 Å². The number of piperidine rings is 1. The van der Waals surface area contributed by atoms with Crippen LogP contribution in [0, 0.1) is 5.92 Å². The molecule has 0 spiro atoms. The monoisotopic (exact) mass is 408 g/mol. The summed E-state index contributed by atoms with van der Waals surface area (Å²) in [6.07, 6.45) is 8.58. The lowest BCUT2D eigenvalue weighted by Gasteiger charge is -2.32. The molecule has 3 rings (SSSR count). The van der Waals surface area contributed by atoms with Gasteiger partial charge < -0.3 is 4.90 Å². The van der Waals surface area contributed by atoms with Gasteiger partial charge in [-0.1, -0.05) is 11.8 Å². The lowest BCUT2D eigenvalue weighted by Crippen LogP contribution is -2.43. The fourth-order valence-electron chi connectivity index (χ4n) is 3.27.